The van der Waals surface area contributed by atoms with Gasteiger partial charge in [-0.1, -0.05) is 0 Å². The van der Waals surface area contributed by atoms with Crippen LogP contribution in [0.15, 0.2) is 0 Å². The summed E-state index contributed by atoms with van der Waals surface area (Å²) in [4.78, 5) is 11.5. The lowest BCUT2D eigenvalue weighted by atomic mass is 9.92. The zero-order chi connectivity index (χ0) is 7.14. The van der Waals surface area contributed by atoms with Crippen LogP contribution in [0.2, 0.25) is 0 Å². The predicted molar refractivity (Wildman–Crippen MR) is 33.4 cm³/mol. The van der Waals surface area contributed by atoms with Gasteiger partial charge in [0.15, 0.2) is 0 Å². The highest BCUT2D eigenvalue weighted by molar-refractivity contribution is 5.66. The fourth-order valence-electron chi connectivity index (χ4n) is 1.66. The summed E-state index contributed by atoms with van der Waals surface area (Å²) in [6.45, 7) is 1.09. The van der Waals surface area contributed by atoms with Crippen LogP contribution in [0.25, 0.3) is 0 Å². The molecule has 0 spiro atoms. The number of hydrogen-bond acceptors (Lipinski definition) is 2. The number of amides is 1. The minimum absolute atomic E-state index is 0.360. The first-order valence-electron chi connectivity index (χ1n) is 3.46. The topological polar surface area (TPSA) is 32.3 Å². The van der Waals surface area contributed by atoms with Gasteiger partial charge in [0.1, 0.15) is 0 Å². The van der Waals surface area contributed by atoms with Crippen LogP contribution in [0.5, 0.6) is 0 Å². The number of carbonyl (C=O) groups is 1. The maximum atomic E-state index is 12.0. The summed E-state index contributed by atoms with van der Waals surface area (Å²) in [5, 5.41) is 3.20. The van der Waals surface area contributed by atoms with Gasteiger partial charge in [0.2, 0.25) is 0 Å². The van der Waals surface area contributed by atoms with Crippen molar-refractivity contribution in [1.82, 2.24) is 10.2 Å². The Labute approximate surface area is 58.2 Å². The minimum atomic E-state index is -1.28. The zero-order valence-electron chi connectivity index (χ0n) is 5.51. The fourth-order valence-corrected chi connectivity index (χ4v) is 1.66. The summed E-state index contributed by atoms with van der Waals surface area (Å²) >= 11 is 0. The minimum Gasteiger partial charge on any atom is -0.312 e. The molecule has 0 radical (unpaired) electrons. The summed E-state index contributed by atoms with van der Waals surface area (Å²) < 4.78 is 12.0. The molecule has 10 heavy (non-hydrogen) atoms. The van der Waals surface area contributed by atoms with E-state index in [1.165, 1.54) is 4.90 Å². The molecule has 3 aliphatic rings. The number of nitrogens with zero attached hydrogens (tertiary/aromatic N) is 1. The Hall–Kier alpha value is -0.640. The number of piperidine rings is 1. The van der Waals surface area contributed by atoms with Crippen molar-refractivity contribution in [2.24, 2.45) is 0 Å². The van der Waals surface area contributed by atoms with E-state index in [0.717, 1.165) is 6.42 Å². The second-order valence-corrected chi connectivity index (χ2v) is 2.95. The van der Waals surface area contributed by atoms with E-state index in [4.69, 9.17) is 0 Å². The molecule has 0 aromatic heterocycles. The van der Waals surface area contributed by atoms with Crippen molar-refractivity contribution in [2.45, 2.75) is 18.5 Å². The quantitative estimate of drug-likeness (QED) is 0.387. The smallest absolute Gasteiger partial charge is 0.312 e. The predicted octanol–water partition coefficient (Wildman–Crippen LogP) is 0.122. The molecule has 3 fully saturated rings. The van der Waals surface area contributed by atoms with E-state index in [0.29, 0.717) is 25.2 Å². The average Bonchev–Trinajstić information content (AvgIpc) is 1.86. The van der Waals surface area contributed by atoms with E-state index < -0.39 is 6.16 Å². The summed E-state index contributed by atoms with van der Waals surface area (Å²) in [7, 11) is 0. The van der Waals surface area contributed by atoms with Gasteiger partial charge < -0.3 is 10.2 Å². The highest BCUT2D eigenvalue weighted by Crippen LogP contribution is 2.20. The monoisotopic (exact) mass is 144 g/mol. The van der Waals surface area contributed by atoms with E-state index in [9.17, 15) is 9.18 Å². The highest BCUT2D eigenvalue weighted by Gasteiger charge is 2.38. The van der Waals surface area contributed by atoms with Crippen LogP contribution in [0.3, 0.4) is 0 Å². The third kappa shape index (κ3) is 0.794. The first-order chi connectivity index (χ1) is 4.75. The maximum absolute atomic E-state index is 12.0. The van der Waals surface area contributed by atoms with E-state index in [2.05, 4.69) is 5.32 Å². The number of piperazine rings is 1. The van der Waals surface area contributed by atoms with Crippen LogP contribution in [-0.4, -0.2) is 36.2 Å². The van der Waals surface area contributed by atoms with E-state index in [1.807, 2.05) is 0 Å². The molecule has 56 valence electrons. The maximum Gasteiger partial charge on any atom is 0.400 e. The lowest BCUT2D eigenvalue weighted by Crippen LogP contribution is -2.67. The molecule has 3 aliphatic heterocycles. The molecule has 4 heteroatoms. The summed E-state index contributed by atoms with van der Waals surface area (Å²) in [6, 6.07) is 0.719. The van der Waals surface area contributed by atoms with Crippen LogP contribution in [0.1, 0.15) is 6.42 Å². The van der Waals surface area contributed by atoms with Gasteiger partial charge in [-0.3, -0.25) is 0 Å². The van der Waals surface area contributed by atoms with Crippen LogP contribution < -0.4 is 5.32 Å². The molecule has 2 atom stereocenters. The van der Waals surface area contributed by atoms with Gasteiger partial charge in [0.25, 0.3) is 0 Å². The molecule has 3 heterocycles. The summed E-state index contributed by atoms with van der Waals surface area (Å²) in [5.74, 6) is 0. The Kier molecular flexibility index (Phi) is 1.17. The first-order valence-corrected chi connectivity index (χ1v) is 3.46. The largest absolute Gasteiger partial charge is 0.400 e. The highest BCUT2D eigenvalue weighted by atomic mass is 19.1. The number of nitrogens with one attached hydrogen (secondary N) is 1. The van der Waals surface area contributed by atoms with Gasteiger partial charge in [0.05, 0.1) is 0 Å². The Balaban J connectivity index is 1.97. The van der Waals surface area contributed by atoms with Crippen LogP contribution in [0.4, 0.5) is 9.18 Å². The Bertz CT molecular complexity index is 157. The van der Waals surface area contributed by atoms with Gasteiger partial charge in [-0.05, 0) is 6.42 Å². The normalized spacial score (nSPS) is 37.1. The van der Waals surface area contributed by atoms with Crippen LogP contribution in [0, 0.1) is 0 Å². The molecule has 0 aromatic rings. The number of carbonyl (C=O) groups excluding carboxylic acids is 1. The summed E-state index contributed by atoms with van der Waals surface area (Å²) in [6.07, 6.45) is -0.180. The van der Waals surface area contributed by atoms with E-state index >= 15 is 0 Å². The van der Waals surface area contributed by atoms with E-state index in [-0.39, 0.29) is 0 Å². The molecule has 0 aromatic carbocycles. The second-order valence-electron chi connectivity index (χ2n) is 2.95. The van der Waals surface area contributed by atoms with Crippen molar-refractivity contribution in [1.29, 1.82) is 0 Å². The number of fused-ring (bicyclic) bond motifs is 2. The number of halogens is 1. The fraction of sp³-hybridized carbons (Fsp3) is 0.833. The molecule has 3 saturated heterocycles. The molecule has 1 amide bonds. The average molecular weight is 144 g/mol. The third-order valence-electron chi connectivity index (χ3n) is 2.17. The molecular formula is C6H9FN2O. The van der Waals surface area contributed by atoms with Crippen molar-refractivity contribution in [3.05, 3.63) is 0 Å². The first kappa shape index (κ1) is 6.09. The van der Waals surface area contributed by atoms with Gasteiger partial charge >= 0.3 is 6.16 Å². The summed E-state index contributed by atoms with van der Waals surface area (Å²) in [5.41, 5.74) is 0. The molecule has 2 bridgehead atoms. The number of rotatable bonds is 0. The molecular weight excluding hydrogens is 135 g/mol. The molecule has 2 unspecified atom stereocenters. The standard InChI is InChI=1S/C6H9FN2O/c7-6(10)9-2-4-1-5(3-9)8-4/h4-5,8H,1-3H2. The molecule has 3 nitrogen and oxygen atoms in total. The second kappa shape index (κ2) is 1.92. The van der Waals surface area contributed by atoms with Crippen molar-refractivity contribution < 1.29 is 9.18 Å². The number of hydrogen-bond donors (Lipinski definition) is 1. The Morgan fingerprint density at radius 3 is 2.30 bits per heavy atom. The zero-order valence-corrected chi connectivity index (χ0v) is 5.51. The van der Waals surface area contributed by atoms with Crippen LogP contribution in [-0.2, 0) is 0 Å². The van der Waals surface area contributed by atoms with E-state index in [1.54, 1.807) is 0 Å². The van der Waals surface area contributed by atoms with Crippen molar-refractivity contribution in [3.8, 4) is 0 Å². The Morgan fingerprint density at radius 2 is 2.00 bits per heavy atom. The van der Waals surface area contributed by atoms with Crippen molar-refractivity contribution in [2.75, 3.05) is 13.1 Å². The van der Waals surface area contributed by atoms with Crippen LogP contribution >= 0.6 is 0 Å². The molecule has 0 saturated carbocycles. The van der Waals surface area contributed by atoms with Crippen molar-refractivity contribution in [3.63, 3.8) is 0 Å². The lowest BCUT2D eigenvalue weighted by molar-refractivity contribution is 0.0846. The lowest BCUT2D eigenvalue weighted by Gasteiger charge is -2.47. The van der Waals surface area contributed by atoms with Gasteiger partial charge in [-0.2, -0.15) is 0 Å². The SMILES string of the molecule is O=C(F)N1CC2CC(C1)N2. The molecule has 0 aliphatic carbocycles. The van der Waals surface area contributed by atoms with Gasteiger partial charge in [-0.15, -0.1) is 4.39 Å². The van der Waals surface area contributed by atoms with Gasteiger partial charge in [0, 0.05) is 25.2 Å². The van der Waals surface area contributed by atoms with Gasteiger partial charge in [-0.25, -0.2) is 4.79 Å². The molecule has 1 N–H and O–H groups in total. The third-order valence-corrected chi connectivity index (χ3v) is 2.17. The van der Waals surface area contributed by atoms with Crippen molar-refractivity contribution >= 4 is 6.16 Å². The molecule has 3 rings (SSSR count). The Morgan fingerprint density at radius 1 is 1.50 bits per heavy atom.